The molecule has 1 fully saturated rings. The Balaban J connectivity index is 1.69. The van der Waals surface area contributed by atoms with Gasteiger partial charge in [-0.3, -0.25) is 9.89 Å². The zero-order valence-corrected chi connectivity index (χ0v) is 10.8. The maximum Gasteiger partial charge on any atom is 0.227 e. The number of rotatable bonds is 3. The van der Waals surface area contributed by atoms with Gasteiger partial charge in [0.25, 0.3) is 0 Å². The molecule has 1 aliphatic rings. The number of aromatic nitrogens is 2. The van der Waals surface area contributed by atoms with Crippen molar-refractivity contribution < 1.29 is 13.9 Å². The summed E-state index contributed by atoms with van der Waals surface area (Å²) >= 11 is 0. The largest absolute Gasteiger partial charge is 0.378 e. The van der Waals surface area contributed by atoms with E-state index in [4.69, 9.17) is 4.74 Å². The van der Waals surface area contributed by atoms with E-state index in [9.17, 15) is 9.18 Å². The van der Waals surface area contributed by atoms with Gasteiger partial charge in [-0.1, -0.05) is 0 Å². The summed E-state index contributed by atoms with van der Waals surface area (Å²) < 4.78 is 18.5. The molecule has 0 bridgehead atoms. The first-order valence-corrected chi connectivity index (χ1v) is 6.47. The van der Waals surface area contributed by atoms with Gasteiger partial charge in [-0.15, -0.1) is 0 Å². The number of H-pyrrole nitrogens is 1. The molecule has 1 amide bonds. The number of benzene rings is 1. The zero-order valence-electron chi connectivity index (χ0n) is 10.8. The molecule has 1 saturated heterocycles. The highest BCUT2D eigenvalue weighted by Gasteiger charge is 2.18. The number of morpholine rings is 1. The van der Waals surface area contributed by atoms with E-state index in [-0.39, 0.29) is 17.8 Å². The molecule has 7 heteroatoms. The summed E-state index contributed by atoms with van der Waals surface area (Å²) in [7, 11) is 0. The van der Waals surface area contributed by atoms with Crippen molar-refractivity contribution in [3.05, 3.63) is 24.0 Å². The summed E-state index contributed by atoms with van der Waals surface area (Å²) in [5.41, 5.74) is 0.681. The Morgan fingerprint density at radius 1 is 1.55 bits per heavy atom. The van der Waals surface area contributed by atoms with E-state index < -0.39 is 0 Å². The predicted molar refractivity (Wildman–Crippen MR) is 71.9 cm³/mol. The number of carbonyl (C=O) groups is 1. The van der Waals surface area contributed by atoms with Gasteiger partial charge in [0.2, 0.25) is 5.91 Å². The van der Waals surface area contributed by atoms with Gasteiger partial charge in [-0.25, -0.2) is 4.39 Å². The van der Waals surface area contributed by atoms with E-state index in [1.807, 2.05) is 0 Å². The lowest BCUT2D eigenvalue weighted by molar-refractivity contribution is -0.117. The molecule has 0 saturated carbocycles. The molecule has 2 heterocycles. The molecule has 1 aromatic carbocycles. The molecular formula is C13H15FN4O2. The van der Waals surface area contributed by atoms with Crippen LogP contribution in [0.5, 0.6) is 0 Å². The summed E-state index contributed by atoms with van der Waals surface area (Å²) in [5.74, 6) is -0.191. The second-order valence-corrected chi connectivity index (χ2v) is 4.74. The van der Waals surface area contributed by atoms with E-state index in [0.29, 0.717) is 36.4 Å². The van der Waals surface area contributed by atoms with E-state index in [1.54, 1.807) is 6.07 Å². The molecule has 1 atom stereocenters. The number of aromatic amines is 1. The molecule has 1 unspecified atom stereocenters. The summed E-state index contributed by atoms with van der Waals surface area (Å²) in [6, 6.07) is 4.28. The number of carbonyl (C=O) groups excluding carboxylic acids is 1. The Bertz CT molecular complexity index is 622. The molecule has 6 nitrogen and oxygen atoms in total. The number of hydrogen-bond acceptors (Lipinski definition) is 4. The summed E-state index contributed by atoms with van der Waals surface area (Å²) in [6.07, 6.45) is 0.295. The van der Waals surface area contributed by atoms with Crippen LogP contribution in [0.15, 0.2) is 18.2 Å². The molecule has 0 spiro atoms. The monoisotopic (exact) mass is 278 g/mol. The SMILES string of the molecule is O=C(CC1COCCN1)Nc1n[nH]c2ccc(F)cc12. The Labute approximate surface area is 114 Å². The van der Waals surface area contributed by atoms with Crippen LogP contribution < -0.4 is 10.6 Å². The lowest BCUT2D eigenvalue weighted by atomic mass is 10.2. The lowest BCUT2D eigenvalue weighted by Crippen LogP contribution is -2.43. The fourth-order valence-electron chi connectivity index (χ4n) is 2.24. The zero-order chi connectivity index (χ0) is 13.9. The number of anilines is 1. The van der Waals surface area contributed by atoms with Crippen LogP contribution in [0.25, 0.3) is 10.9 Å². The van der Waals surface area contributed by atoms with Gasteiger partial charge < -0.3 is 15.4 Å². The molecule has 106 valence electrons. The second kappa shape index (κ2) is 5.56. The number of nitrogens with one attached hydrogen (secondary N) is 3. The first kappa shape index (κ1) is 13.0. The van der Waals surface area contributed by atoms with Crippen LogP contribution >= 0.6 is 0 Å². The number of amides is 1. The van der Waals surface area contributed by atoms with E-state index in [2.05, 4.69) is 20.8 Å². The quantitative estimate of drug-likeness (QED) is 0.783. The van der Waals surface area contributed by atoms with Crippen LogP contribution in [0.3, 0.4) is 0 Å². The number of hydrogen-bond donors (Lipinski definition) is 3. The third-order valence-electron chi connectivity index (χ3n) is 3.21. The van der Waals surface area contributed by atoms with Gasteiger partial charge in [0.05, 0.1) is 18.7 Å². The van der Waals surface area contributed by atoms with Crippen LogP contribution in [0.4, 0.5) is 10.2 Å². The Kier molecular flexibility index (Phi) is 3.62. The van der Waals surface area contributed by atoms with E-state index in [1.165, 1.54) is 12.1 Å². The first-order chi connectivity index (χ1) is 9.72. The number of nitrogens with zero attached hydrogens (tertiary/aromatic N) is 1. The first-order valence-electron chi connectivity index (χ1n) is 6.47. The van der Waals surface area contributed by atoms with Crippen molar-refractivity contribution in [2.75, 3.05) is 25.1 Å². The molecule has 0 radical (unpaired) electrons. The van der Waals surface area contributed by atoms with Crippen molar-refractivity contribution in [2.45, 2.75) is 12.5 Å². The van der Waals surface area contributed by atoms with Gasteiger partial charge in [-0.2, -0.15) is 5.10 Å². The fraction of sp³-hybridized carbons (Fsp3) is 0.385. The normalized spacial score (nSPS) is 19.1. The topological polar surface area (TPSA) is 79.0 Å². The molecule has 0 aliphatic carbocycles. The van der Waals surface area contributed by atoms with E-state index in [0.717, 1.165) is 6.54 Å². The van der Waals surface area contributed by atoms with Crippen molar-refractivity contribution >= 4 is 22.6 Å². The maximum atomic E-state index is 13.2. The molecule has 1 aromatic heterocycles. The van der Waals surface area contributed by atoms with Crippen LogP contribution in [-0.4, -0.2) is 41.9 Å². The summed E-state index contributed by atoms with van der Waals surface area (Å²) in [6.45, 7) is 1.93. The van der Waals surface area contributed by atoms with Crippen molar-refractivity contribution in [3.63, 3.8) is 0 Å². The standard InChI is InChI=1S/C13H15FN4O2/c14-8-1-2-11-10(5-8)13(18-17-11)16-12(19)6-9-7-20-4-3-15-9/h1-2,5,9,15H,3-4,6-7H2,(H2,16,17,18,19). The molecule has 20 heavy (non-hydrogen) atoms. The van der Waals surface area contributed by atoms with E-state index >= 15 is 0 Å². The van der Waals surface area contributed by atoms with Crippen molar-refractivity contribution in [1.29, 1.82) is 0 Å². The van der Waals surface area contributed by atoms with Crippen LogP contribution in [-0.2, 0) is 9.53 Å². The maximum absolute atomic E-state index is 13.2. The van der Waals surface area contributed by atoms with Crippen molar-refractivity contribution in [3.8, 4) is 0 Å². The lowest BCUT2D eigenvalue weighted by Gasteiger charge is -2.22. The molecule has 2 aromatic rings. The Hall–Kier alpha value is -1.99. The smallest absolute Gasteiger partial charge is 0.227 e. The summed E-state index contributed by atoms with van der Waals surface area (Å²) in [4.78, 5) is 12.0. The molecule has 1 aliphatic heterocycles. The van der Waals surface area contributed by atoms with Crippen molar-refractivity contribution in [2.24, 2.45) is 0 Å². The highest BCUT2D eigenvalue weighted by Crippen LogP contribution is 2.21. The van der Waals surface area contributed by atoms with Gasteiger partial charge in [0.1, 0.15) is 5.82 Å². The Morgan fingerprint density at radius 2 is 2.45 bits per heavy atom. The number of fused-ring (bicyclic) bond motifs is 1. The average Bonchev–Trinajstić information content (AvgIpc) is 2.82. The minimum atomic E-state index is -0.364. The van der Waals surface area contributed by atoms with Gasteiger partial charge in [-0.05, 0) is 18.2 Å². The number of ether oxygens (including phenoxy) is 1. The fourth-order valence-corrected chi connectivity index (χ4v) is 2.24. The van der Waals surface area contributed by atoms with Gasteiger partial charge in [0.15, 0.2) is 5.82 Å². The molecule has 3 N–H and O–H groups in total. The molecular weight excluding hydrogens is 263 g/mol. The van der Waals surface area contributed by atoms with Gasteiger partial charge in [0, 0.05) is 24.4 Å². The van der Waals surface area contributed by atoms with Crippen LogP contribution in [0, 0.1) is 5.82 Å². The van der Waals surface area contributed by atoms with Gasteiger partial charge >= 0.3 is 0 Å². The minimum Gasteiger partial charge on any atom is -0.378 e. The molecule has 3 rings (SSSR count). The van der Waals surface area contributed by atoms with Crippen LogP contribution in [0.2, 0.25) is 0 Å². The third kappa shape index (κ3) is 2.78. The van der Waals surface area contributed by atoms with Crippen LogP contribution in [0.1, 0.15) is 6.42 Å². The Morgan fingerprint density at radius 3 is 3.25 bits per heavy atom. The average molecular weight is 278 g/mol. The highest BCUT2D eigenvalue weighted by atomic mass is 19.1. The minimum absolute atomic E-state index is 0.00527. The third-order valence-corrected chi connectivity index (χ3v) is 3.21. The summed E-state index contributed by atoms with van der Waals surface area (Å²) in [5, 5.41) is 13.2. The van der Waals surface area contributed by atoms with Crippen molar-refractivity contribution in [1.82, 2.24) is 15.5 Å². The second-order valence-electron chi connectivity index (χ2n) is 4.74. The predicted octanol–water partition coefficient (Wildman–Crippen LogP) is 1.02. The highest BCUT2D eigenvalue weighted by molar-refractivity contribution is 5.99. The number of halogens is 1.